The number of imide groups is 1. The molecule has 0 saturated carbocycles. The number of benzene rings is 1. The highest BCUT2D eigenvalue weighted by atomic mass is 16.5. The predicted octanol–water partition coefficient (Wildman–Crippen LogP) is 3.31. The van der Waals surface area contributed by atoms with Crippen molar-refractivity contribution in [1.29, 1.82) is 0 Å². The highest BCUT2D eigenvalue weighted by molar-refractivity contribution is 5.98. The molecule has 2 fully saturated rings. The van der Waals surface area contributed by atoms with Gasteiger partial charge in [0.1, 0.15) is 5.60 Å². The average Bonchev–Trinajstić information content (AvgIpc) is 3.36. The van der Waals surface area contributed by atoms with Crippen molar-refractivity contribution in [3.05, 3.63) is 65.3 Å². The Morgan fingerprint density at radius 2 is 1.70 bits per heavy atom. The first-order chi connectivity index (χ1) is 17.5. The highest BCUT2D eigenvalue weighted by Crippen LogP contribution is 2.50. The monoisotopic (exact) mass is 503 g/mol. The molecule has 3 aromatic rings. The number of aromatic nitrogens is 3. The van der Waals surface area contributed by atoms with Crippen LogP contribution >= 0.6 is 0 Å². The number of rotatable bonds is 6. The number of likely N-dealkylation sites (tertiary alicyclic amines) is 2. The summed E-state index contributed by atoms with van der Waals surface area (Å²) in [6, 6.07) is 10.0. The van der Waals surface area contributed by atoms with Gasteiger partial charge in [-0.2, -0.15) is 4.98 Å². The van der Waals surface area contributed by atoms with Crippen LogP contribution in [-0.2, 0) is 15.2 Å². The van der Waals surface area contributed by atoms with Crippen LogP contribution in [-0.4, -0.2) is 69.0 Å². The summed E-state index contributed by atoms with van der Waals surface area (Å²) < 4.78 is 5.47. The number of carbonyl (C=O) groups is 2. The van der Waals surface area contributed by atoms with Gasteiger partial charge in [-0.05, 0) is 30.2 Å². The molecule has 9 heteroatoms. The predicted molar refractivity (Wildman–Crippen MR) is 136 cm³/mol. The summed E-state index contributed by atoms with van der Waals surface area (Å²) in [4.78, 5) is 36.5. The zero-order valence-electron chi connectivity index (χ0n) is 21.9. The molecule has 0 bridgehead atoms. The van der Waals surface area contributed by atoms with E-state index in [1.165, 1.54) is 12.6 Å². The number of piperidine rings is 1. The van der Waals surface area contributed by atoms with Crippen LogP contribution in [0.2, 0.25) is 0 Å². The fourth-order valence-corrected chi connectivity index (χ4v) is 5.71. The van der Waals surface area contributed by atoms with Crippen LogP contribution in [0.5, 0.6) is 0 Å². The average molecular weight is 504 g/mol. The van der Waals surface area contributed by atoms with Crippen molar-refractivity contribution < 1.29 is 19.2 Å². The van der Waals surface area contributed by atoms with E-state index in [1.54, 1.807) is 12.4 Å². The maximum atomic E-state index is 12.4. The molecule has 194 valence electrons. The smallest absolute Gasteiger partial charge is 0.231 e. The number of carbonyl (C=O) groups excluding carboxylic acids is 2. The maximum Gasteiger partial charge on any atom is 0.231 e. The lowest BCUT2D eigenvalue weighted by atomic mass is 9.62. The highest BCUT2D eigenvalue weighted by Gasteiger charge is 2.55. The van der Waals surface area contributed by atoms with Gasteiger partial charge in [0.2, 0.25) is 23.5 Å². The molecule has 9 nitrogen and oxygen atoms in total. The Morgan fingerprint density at radius 1 is 1.05 bits per heavy atom. The van der Waals surface area contributed by atoms with Gasteiger partial charge in [-0.1, -0.05) is 50.2 Å². The van der Waals surface area contributed by atoms with Crippen LogP contribution in [0.1, 0.15) is 68.0 Å². The van der Waals surface area contributed by atoms with E-state index in [4.69, 9.17) is 4.52 Å². The molecule has 2 aliphatic heterocycles. The van der Waals surface area contributed by atoms with E-state index in [0.717, 1.165) is 23.6 Å². The van der Waals surface area contributed by atoms with E-state index in [1.807, 2.05) is 25.2 Å². The number of pyridine rings is 1. The fourth-order valence-electron chi connectivity index (χ4n) is 5.71. The Balaban J connectivity index is 1.51. The van der Waals surface area contributed by atoms with Crippen LogP contribution in [0.4, 0.5) is 0 Å². The lowest BCUT2D eigenvalue weighted by Crippen LogP contribution is -2.63. The van der Waals surface area contributed by atoms with Gasteiger partial charge in [-0.25, -0.2) is 0 Å². The quantitative estimate of drug-likeness (QED) is 0.510. The van der Waals surface area contributed by atoms with Gasteiger partial charge in [0.15, 0.2) is 0 Å². The van der Waals surface area contributed by atoms with Crippen LogP contribution in [0, 0.1) is 5.41 Å². The van der Waals surface area contributed by atoms with Gasteiger partial charge in [0.25, 0.3) is 0 Å². The van der Waals surface area contributed by atoms with Crippen molar-refractivity contribution in [2.45, 2.75) is 51.0 Å². The van der Waals surface area contributed by atoms with E-state index in [-0.39, 0.29) is 30.5 Å². The topological polar surface area (TPSA) is 113 Å². The molecule has 0 radical (unpaired) electrons. The van der Waals surface area contributed by atoms with Crippen LogP contribution in [0.3, 0.4) is 0 Å². The maximum absolute atomic E-state index is 12.4. The molecule has 0 aliphatic carbocycles. The molecular weight excluding hydrogens is 470 g/mol. The summed E-state index contributed by atoms with van der Waals surface area (Å²) in [6.45, 7) is 7.84. The zero-order valence-corrected chi connectivity index (χ0v) is 21.9. The van der Waals surface area contributed by atoms with Crippen molar-refractivity contribution in [2.75, 3.05) is 27.2 Å². The second-order valence-electron chi connectivity index (χ2n) is 11.1. The van der Waals surface area contributed by atoms with E-state index in [0.29, 0.717) is 22.9 Å². The Morgan fingerprint density at radius 3 is 2.30 bits per heavy atom. The molecule has 2 amide bonds. The second kappa shape index (κ2) is 9.15. The molecule has 5 rings (SSSR count). The van der Waals surface area contributed by atoms with Gasteiger partial charge in [-0.3, -0.25) is 19.5 Å². The van der Waals surface area contributed by atoms with Crippen molar-refractivity contribution in [1.82, 2.24) is 24.9 Å². The van der Waals surface area contributed by atoms with Gasteiger partial charge in [0, 0.05) is 61.9 Å². The van der Waals surface area contributed by atoms with Crippen LogP contribution in [0.25, 0.3) is 11.4 Å². The third-order valence-electron chi connectivity index (χ3n) is 7.90. The first-order valence-electron chi connectivity index (χ1n) is 12.6. The van der Waals surface area contributed by atoms with Gasteiger partial charge in [-0.15, -0.1) is 0 Å². The lowest BCUT2D eigenvalue weighted by Gasteiger charge is -2.55. The molecule has 37 heavy (non-hydrogen) atoms. The summed E-state index contributed by atoms with van der Waals surface area (Å²) in [7, 11) is 3.52. The summed E-state index contributed by atoms with van der Waals surface area (Å²) >= 11 is 0. The number of hydrogen-bond donors (Lipinski definition) is 1. The minimum absolute atomic E-state index is 0.139. The standard InChI is InChI=1S/C28H33N5O4/c1-17(2)18-6-8-21(9-7-18)28(36,27(3)15-32(4)16-27)22-10-20(13-29-14-22)25-30-26(37-31-25)19-11-23(34)33(5)24(35)12-19/h6-10,13-14,17,19,36H,11-12,15-16H2,1-5H3. The molecule has 2 saturated heterocycles. The largest absolute Gasteiger partial charge is 0.380 e. The van der Waals surface area contributed by atoms with Gasteiger partial charge >= 0.3 is 0 Å². The Kier molecular flexibility index (Phi) is 6.24. The van der Waals surface area contributed by atoms with Gasteiger partial charge < -0.3 is 14.5 Å². The molecule has 2 aliphatic rings. The number of aliphatic hydroxyl groups is 1. The number of hydrogen-bond acceptors (Lipinski definition) is 8. The first kappa shape index (κ1) is 25.2. The molecule has 1 aromatic carbocycles. The Bertz CT molecular complexity index is 1310. The number of amides is 2. The van der Waals surface area contributed by atoms with Crippen molar-refractivity contribution in [3.63, 3.8) is 0 Å². The third-order valence-corrected chi connectivity index (χ3v) is 7.90. The SMILES string of the molecule is CC(C)c1ccc(C(O)(c2cncc(-c3noc(C4CC(=O)N(C)C(=O)C4)n3)c2)C2(C)CN(C)C2)cc1. The van der Waals surface area contributed by atoms with Crippen LogP contribution in [0.15, 0.2) is 47.2 Å². The summed E-state index contributed by atoms with van der Waals surface area (Å²) in [5, 5.41) is 16.5. The zero-order chi connectivity index (χ0) is 26.5. The van der Waals surface area contributed by atoms with E-state index in [2.05, 4.69) is 52.9 Å². The Hall–Kier alpha value is -3.43. The first-order valence-corrected chi connectivity index (χ1v) is 12.6. The van der Waals surface area contributed by atoms with Crippen LogP contribution < -0.4 is 0 Å². The summed E-state index contributed by atoms with van der Waals surface area (Å²) in [5.74, 6) is -0.0395. The normalized spacial score (nSPS) is 20.2. The molecular formula is C28H33N5O4. The molecule has 1 unspecified atom stereocenters. The van der Waals surface area contributed by atoms with E-state index in [9.17, 15) is 14.7 Å². The molecule has 1 atom stereocenters. The fraction of sp³-hybridized carbons (Fsp3) is 0.464. The molecule has 1 N–H and O–H groups in total. The van der Waals surface area contributed by atoms with Crippen molar-refractivity contribution in [3.8, 4) is 11.4 Å². The minimum Gasteiger partial charge on any atom is -0.380 e. The minimum atomic E-state index is -1.29. The van der Waals surface area contributed by atoms with Crippen molar-refractivity contribution >= 4 is 11.8 Å². The second-order valence-corrected chi connectivity index (χ2v) is 11.1. The summed E-state index contributed by atoms with van der Waals surface area (Å²) in [6.07, 6.45) is 3.60. The van der Waals surface area contributed by atoms with E-state index < -0.39 is 16.9 Å². The Labute approximate surface area is 216 Å². The molecule has 0 spiro atoms. The number of nitrogens with zero attached hydrogens (tertiary/aromatic N) is 5. The summed E-state index contributed by atoms with van der Waals surface area (Å²) in [5.41, 5.74) is 1.53. The molecule has 2 aromatic heterocycles. The lowest BCUT2D eigenvalue weighted by molar-refractivity contribution is -0.147. The van der Waals surface area contributed by atoms with E-state index >= 15 is 0 Å². The van der Waals surface area contributed by atoms with Gasteiger partial charge in [0.05, 0.1) is 5.92 Å². The molecule has 4 heterocycles. The third kappa shape index (κ3) is 4.26. The van der Waals surface area contributed by atoms with Crippen molar-refractivity contribution in [2.24, 2.45) is 5.41 Å².